The van der Waals surface area contributed by atoms with Crippen molar-refractivity contribution in [3.05, 3.63) is 16.8 Å². The van der Waals surface area contributed by atoms with Gasteiger partial charge in [0.2, 0.25) is 0 Å². The highest BCUT2D eigenvalue weighted by Crippen LogP contribution is 2.42. The van der Waals surface area contributed by atoms with Crippen molar-refractivity contribution in [1.29, 1.82) is 0 Å². The number of carbonyl (C=O) groups excluding carboxylic acids is 1. The summed E-state index contributed by atoms with van der Waals surface area (Å²) in [6.07, 6.45) is 0.693. The molecule has 8 heteroatoms. The number of aromatic nitrogens is 2. The van der Waals surface area contributed by atoms with Gasteiger partial charge in [-0.25, -0.2) is 4.79 Å². The van der Waals surface area contributed by atoms with Gasteiger partial charge in [-0.05, 0) is 51.2 Å². The molecule has 1 saturated carbocycles. The van der Waals surface area contributed by atoms with E-state index in [2.05, 4.69) is 15.5 Å². The normalized spacial score (nSPS) is 15.9. The molecule has 1 aliphatic rings. The van der Waals surface area contributed by atoms with Crippen LogP contribution < -0.4 is 5.32 Å². The molecule has 1 aromatic rings. The van der Waals surface area contributed by atoms with Crippen LogP contribution in [0.4, 0.5) is 10.6 Å². The Balaban J connectivity index is 1.90. The fourth-order valence-electron chi connectivity index (χ4n) is 2.03. The minimum Gasteiger partial charge on any atom is -0.444 e. The van der Waals surface area contributed by atoms with Crippen LogP contribution in [0, 0.1) is 0 Å². The molecule has 0 saturated heterocycles. The van der Waals surface area contributed by atoms with Gasteiger partial charge in [-0.1, -0.05) is 11.6 Å². The summed E-state index contributed by atoms with van der Waals surface area (Å²) in [6.45, 7) is 5.42. The Labute approximate surface area is 141 Å². The zero-order valence-electron chi connectivity index (χ0n) is 13.8. The first-order valence-corrected chi connectivity index (χ1v) is 7.95. The van der Waals surface area contributed by atoms with Gasteiger partial charge in [-0.15, -0.1) is 10.2 Å². The summed E-state index contributed by atoms with van der Waals surface area (Å²) in [4.78, 5) is 13.2. The van der Waals surface area contributed by atoms with Crippen LogP contribution in [0.1, 0.15) is 45.1 Å². The first-order valence-electron chi connectivity index (χ1n) is 7.57. The molecule has 0 spiro atoms. The number of nitrogens with zero attached hydrogens (tertiary/aromatic N) is 3. The summed E-state index contributed by atoms with van der Waals surface area (Å²) in [5, 5.41) is 21.1. The van der Waals surface area contributed by atoms with Crippen molar-refractivity contribution in [2.45, 2.75) is 51.4 Å². The quantitative estimate of drug-likeness (QED) is 0.800. The number of anilines is 1. The van der Waals surface area contributed by atoms with Crippen molar-refractivity contribution < 1.29 is 14.6 Å². The van der Waals surface area contributed by atoms with E-state index >= 15 is 0 Å². The highest BCUT2D eigenvalue weighted by atomic mass is 35.5. The zero-order valence-corrected chi connectivity index (χ0v) is 14.6. The average molecular weight is 343 g/mol. The van der Waals surface area contributed by atoms with Crippen LogP contribution in [0.2, 0.25) is 5.15 Å². The second-order valence-electron chi connectivity index (χ2n) is 6.77. The van der Waals surface area contributed by atoms with Gasteiger partial charge in [0.05, 0.1) is 6.54 Å². The van der Waals surface area contributed by atoms with Crippen molar-refractivity contribution in [3.8, 4) is 0 Å². The van der Waals surface area contributed by atoms with Gasteiger partial charge in [0.15, 0.2) is 11.0 Å². The first-order chi connectivity index (χ1) is 10.7. The SMILES string of the molecule is CN(CC(O)Nc1cc(C2CC2)c(Cl)nn1)C(=O)OC(C)(C)C. The molecule has 0 bridgehead atoms. The Kier molecular flexibility index (Phi) is 5.31. The maximum absolute atomic E-state index is 11.9. The van der Waals surface area contributed by atoms with Crippen molar-refractivity contribution >= 4 is 23.5 Å². The van der Waals surface area contributed by atoms with E-state index in [0.717, 1.165) is 18.4 Å². The molecule has 0 aliphatic heterocycles. The Morgan fingerprint density at radius 3 is 2.74 bits per heavy atom. The number of rotatable bonds is 5. The molecule has 7 nitrogen and oxygen atoms in total. The second-order valence-corrected chi connectivity index (χ2v) is 7.13. The lowest BCUT2D eigenvalue weighted by Gasteiger charge is -2.26. The number of hydrogen-bond donors (Lipinski definition) is 2. The van der Waals surface area contributed by atoms with Gasteiger partial charge >= 0.3 is 6.09 Å². The van der Waals surface area contributed by atoms with Gasteiger partial charge in [0.25, 0.3) is 0 Å². The molecule has 1 amide bonds. The minimum atomic E-state index is -0.991. The molecule has 1 aliphatic carbocycles. The standard InChI is InChI=1S/C15H23ClN4O3/c1-15(2,3)23-14(22)20(4)8-12(21)17-11-7-10(9-5-6-9)13(16)19-18-11/h7,9,12,21H,5-6,8H2,1-4H3,(H,17,18). The largest absolute Gasteiger partial charge is 0.444 e. The third-order valence-electron chi connectivity index (χ3n) is 3.26. The maximum atomic E-state index is 11.9. The summed E-state index contributed by atoms with van der Waals surface area (Å²) >= 11 is 6.02. The summed E-state index contributed by atoms with van der Waals surface area (Å²) in [7, 11) is 1.56. The number of nitrogens with one attached hydrogen (secondary N) is 1. The van der Waals surface area contributed by atoms with E-state index in [4.69, 9.17) is 16.3 Å². The van der Waals surface area contributed by atoms with E-state index in [-0.39, 0.29) is 6.54 Å². The predicted octanol–water partition coefficient (Wildman–Crippen LogP) is 2.60. The van der Waals surface area contributed by atoms with Crippen LogP contribution in [0.3, 0.4) is 0 Å². The monoisotopic (exact) mass is 342 g/mol. The highest BCUT2D eigenvalue weighted by Gasteiger charge is 2.27. The van der Waals surface area contributed by atoms with Crippen molar-refractivity contribution in [2.24, 2.45) is 0 Å². The molecule has 1 fully saturated rings. The molecule has 1 heterocycles. The van der Waals surface area contributed by atoms with Crippen LogP contribution in [0.25, 0.3) is 0 Å². The summed E-state index contributed by atoms with van der Waals surface area (Å²) in [5.74, 6) is 0.863. The third-order valence-corrected chi connectivity index (χ3v) is 3.55. The molecule has 0 aromatic carbocycles. The number of aliphatic hydroxyl groups is 1. The Morgan fingerprint density at radius 1 is 1.52 bits per heavy atom. The van der Waals surface area contributed by atoms with Gasteiger partial charge < -0.3 is 20.1 Å². The van der Waals surface area contributed by atoms with E-state index in [1.165, 1.54) is 4.90 Å². The summed E-state index contributed by atoms with van der Waals surface area (Å²) < 4.78 is 5.23. The van der Waals surface area contributed by atoms with E-state index in [9.17, 15) is 9.90 Å². The number of aliphatic hydroxyl groups excluding tert-OH is 1. The third kappa shape index (κ3) is 5.51. The molecule has 1 atom stereocenters. The Bertz CT molecular complexity index is 572. The maximum Gasteiger partial charge on any atom is 0.410 e. The Hall–Kier alpha value is -1.60. The number of likely N-dealkylation sites (N-methyl/N-ethyl adjacent to an activating group) is 1. The summed E-state index contributed by atoms with van der Waals surface area (Å²) in [6, 6.07) is 1.80. The van der Waals surface area contributed by atoms with Gasteiger partial charge in [-0.3, -0.25) is 0 Å². The minimum absolute atomic E-state index is 0.0536. The molecular formula is C15H23ClN4O3. The number of hydrogen-bond acceptors (Lipinski definition) is 6. The fraction of sp³-hybridized carbons (Fsp3) is 0.667. The van der Waals surface area contributed by atoms with Crippen LogP contribution in [0.5, 0.6) is 0 Å². The molecule has 1 aromatic heterocycles. The number of amides is 1. The van der Waals surface area contributed by atoms with E-state index in [0.29, 0.717) is 16.9 Å². The van der Waals surface area contributed by atoms with Gasteiger partial charge in [0, 0.05) is 7.05 Å². The van der Waals surface area contributed by atoms with Crippen molar-refractivity contribution in [1.82, 2.24) is 15.1 Å². The van der Waals surface area contributed by atoms with E-state index in [1.807, 2.05) is 0 Å². The average Bonchev–Trinajstić information content (AvgIpc) is 3.23. The van der Waals surface area contributed by atoms with Gasteiger partial charge in [-0.2, -0.15) is 0 Å². The predicted molar refractivity (Wildman–Crippen MR) is 87.5 cm³/mol. The molecule has 0 radical (unpaired) electrons. The number of ether oxygens (including phenoxy) is 1. The topological polar surface area (TPSA) is 87.6 Å². The molecule has 128 valence electrons. The lowest BCUT2D eigenvalue weighted by molar-refractivity contribution is 0.0227. The lowest BCUT2D eigenvalue weighted by atomic mass is 10.2. The highest BCUT2D eigenvalue weighted by molar-refractivity contribution is 6.30. The Morgan fingerprint density at radius 2 is 2.17 bits per heavy atom. The fourth-order valence-corrected chi connectivity index (χ4v) is 2.28. The van der Waals surface area contributed by atoms with Crippen LogP contribution in [0.15, 0.2) is 6.07 Å². The number of halogens is 1. The number of carbonyl (C=O) groups is 1. The molecule has 23 heavy (non-hydrogen) atoms. The smallest absolute Gasteiger partial charge is 0.410 e. The van der Waals surface area contributed by atoms with Crippen LogP contribution >= 0.6 is 11.6 Å². The first kappa shape index (κ1) is 17.7. The van der Waals surface area contributed by atoms with E-state index in [1.54, 1.807) is 33.9 Å². The molecule has 2 rings (SSSR count). The van der Waals surface area contributed by atoms with Crippen molar-refractivity contribution in [3.63, 3.8) is 0 Å². The summed E-state index contributed by atoms with van der Waals surface area (Å²) in [5.41, 5.74) is 0.363. The van der Waals surface area contributed by atoms with Crippen LogP contribution in [-0.2, 0) is 4.74 Å². The second kappa shape index (κ2) is 6.88. The zero-order chi connectivity index (χ0) is 17.2. The molecule has 1 unspecified atom stereocenters. The molecular weight excluding hydrogens is 320 g/mol. The molecule has 2 N–H and O–H groups in total. The van der Waals surface area contributed by atoms with Gasteiger partial charge in [0.1, 0.15) is 11.8 Å². The van der Waals surface area contributed by atoms with Crippen molar-refractivity contribution in [2.75, 3.05) is 18.9 Å². The van der Waals surface area contributed by atoms with E-state index < -0.39 is 17.9 Å². The van der Waals surface area contributed by atoms with Crippen LogP contribution in [-0.4, -0.2) is 51.7 Å². The lowest BCUT2D eigenvalue weighted by Crippen LogP contribution is -2.41.